The van der Waals surface area contributed by atoms with Crippen LogP contribution in [0.2, 0.25) is 0 Å². The first kappa shape index (κ1) is 13.4. The van der Waals surface area contributed by atoms with E-state index in [4.69, 9.17) is 11.0 Å². The molecular formula is C15H20N4. The Hall–Kier alpha value is -2.02. The maximum atomic E-state index is 9.02. The van der Waals surface area contributed by atoms with Crippen LogP contribution in [0, 0.1) is 17.2 Å². The molecule has 0 aliphatic rings. The van der Waals surface area contributed by atoms with Gasteiger partial charge < -0.3 is 10.3 Å². The van der Waals surface area contributed by atoms with Crippen LogP contribution in [0.3, 0.4) is 0 Å². The molecule has 2 aromatic rings. The van der Waals surface area contributed by atoms with Gasteiger partial charge in [-0.15, -0.1) is 0 Å². The lowest BCUT2D eigenvalue weighted by Crippen LogP contribution is -2.17. The highest BCUT2D eigenvalue weighted by Crippen LogP contribution is 2.30. The van der Waals surface area contributed by atoms with Crippen molar-refractivity contribution in [3.63, 3.8) is 0 Å². The summed E-state index contributed by atoms with van der Waals surface area (Å²) < 4.78 is 2.06. The highest BCUT2D eigenvalue weighted by Gasteiger charge is 2.20. The van der Waals surface area contributed by atoms with Crippen molar-refractivity contribution in [2.24, 2.45) is 5.92 Å². The van der Waals surface area contributed by atoms with Gasteiger partial charge in [0, 0.05) is 6.04 Å². The van der Waals surface area contributed by atoms with Gasteiger partial charge in [-0.05, 0) is 31.0 Å². The third kappa shape index (κ3) is 2.28. The van der Waals surface area contributed by atoms with Crippen LogP contribution in [-0.4, -0.2) is 9.55 Å². The zero-order chi connectivity index (χ0) is 14.0. The minimum Gasteiger partial charge on any atom is -0.369 e. The fourth-order valence-corrected chi connectivity index (χ4v) is 2.79. The van der Waals surface area contributed by atoms with Gasteiger partial charge in [-0.2, -0.15) is 5.26 Å². The number of hydrogen-bond acceptors (Lipinski definition) is 3. The maximum absolute atomic E-state index is 9.02. The second-order valence-corrected chi connectivity index (χ2v) is 4.97. The summed E-state index contributed by atoms with van der Waals surface area (Å²) in [7, 11) is 0. The van der Waals surface area contributed by atoms with E-state index in [9.17, 15) is 0 Å². The Kier molecular flexibility index (Phi) is 3.75. The van der Waals surface area contributed by atoms with Gasteiger partial charge in [0.2, 0.25) is 5.95 Å². The summed E-state index contributed by atoms with van der Waals surface area (Å²) in [5, 5.41) is 9.02. The van der Waals surface area contributed by atoms with Crippen LogP contribution in [0.25, 0.3) is 11.0 Å². The highest BCUT2D eigenvalue weighted by molar-refractivity contribution is 5.80. The topological polar surface area (TPSA) is 67.6 Å². The van der Waals surface area contributed by atoms with E-state index in [1.54, 1.807) is 6.07 Å². The Bertz CT molecular complexity index is 617. The standard InChI is InChI=1S/C15H20N4/c1-4-12(5-2)10(3)19-14-8-11(9-16)6-7-13(14)18-15(19)17/h6-8,10,12H,4-5H2,1-3H3,(H2,17,18). The summed E-state index contributed by atoms with van der Waals surface area (Å²) >= 11 is 0. The Morgan fingerprint density at radius 3 is 2.63 bits per heavy atom. The molecular weight excluding hydrogens is 236 g/mol. The van der Waals surface area contributed by atoms with E-state index in [-0.39, 0.29) is 6.04 Å². The molecule has 0 bridgehead atoms. The van der Waals surface area contributed by atoms with Crippen molar-refractivity contribution in [3.8, 4) is 6.07 Å². The van der Waals surface area contributed by atoms with E-state index < -0.39 is 0 Å². The van der Waals surface area contributed by atoms with Crippen molar-refractivity contribution in [2.75, 3.05) is 5.73 Å². The molecule has 0 saturated carbocycles. The van der Waals surface area contributed by atoms with E-state index >= 15 is 0 Å². The Morgan fingerprint density at radius 2 is 2.05 bits per heavy atom. The number of nitrogens with zero attached hydrogens (tertiary/aromatic N) is 3. The summed E-state index contributed by atoms with van der Waals surface area (Å²) in [6.45, 7) is 6.57. The fourth-order valence-electron chi connectivity index (χ4n) is 2.79. The van der Waals surface area contributed by atoms with Crippen LogP contribution in [0.5, 0.6) is 0 Å². The Labute approximate surface area is 113 Å². The molecule has 2 N–H and O–H groups in total. The smallest absolute Gasteiger partial charge is 0.201 e. The predicted molar refractivity (Wildman–Crippen MR) is 77.6 cm³/mol. The van der Waals surface area contributed by atoms with E-state index in [0.29, 0.717) is 17.4 Å². The van der Waals surface area contributed by atoms with Gasteiger partial charge in [0.1, 0.15) is 0 Å². The third-order valence-corrected chi connectivity index (χ3v) is 3.98. The summed E-state index contributed by atoms with van der Waals surface area (Å²) in [5.74, 6) is 1.09. The Balaban J connectivity index is 2.58. The number of hydrogen-bond donors (Lipinski definition) is 1. The predicted octanol–water partition coefficient (Wildman–Crippen LogP) is 3.49. The van der Waals surface area contributed by atoms with Gasteiger partial charge in [-0.3, -0.25) is 0 Å². The molecule has 100 valence electrons. The maximum Gasteiger partial charge on any atom is 0.201 e. The molecule has 0 aliphatic carbocycles. The van der Waals surface area contributed by atoms with Crippen LogP contribution in [-0.2, 0) is 0 Å². The molecule has 19 heavy (non-hydrogen) atoms. The molecule has 0 radical (unpaired) electrons. The monoisotopic (exact) mass is 256 g/mol. The lowest BCUT2D eigenvalue weighted by atomic mass is 9.95. The quantitative estimate of drug-likeness (QED) is 0.910. The van der Waals surface area contributed by atoms with Gasteiger partial charge in [0.05, 0.1) is 22.7 Å². The number of imidazole rings is 1. The average molecular weight is 256 g/mol. The molecule has 2 rings (SSSR count). The van der Waals surface area contributed by atoms with Crippen LogP contribution in [0.4, 0.5) is 5.95 Å². The molecule has 1 heterocycles. The van der Waals surface area contributed by atoms with E-state index in [1.165, 1.54) is 0 Å². The number of nitrogen functional groups attached to an aromatic ring is 1. The van der Waals surface area contributed by atoms with Crippen molar-refractivity contribution >= 4 is 17.0 Å². The molecule has 1 aromatic heterocycles. The minimum absolute atomic E-state index is 0.286. The van der Waals surface area contributed by atoms with Crippen molar-refractivity contribution in [1.29, 1.82) is 5.26 Å². The van der Waals surface area contributed by atoms with Crippen LogP contribution in [0.15, 0.2) is 18.2 Å². The first-order valence-electron chi connectivity index (χ1n) is 6.79. The van der Waals surface area contributed by atoms with Gasteiger partial charge in [0.25, 0.3) is 0 Å². The molecule has 1 unspecified atom stereocenters. The number of aromatic nitrogens is 2. The zero-order valence-electron chi connectivity index (χ0n) is 11.7. The first-order chi connectivity index (χ1) is 9.12. The lowest BCUT2D eigenvalue weighted by molar-refractivity contribution is 0.342. The fraction of sp³-hybridized carbons (Fsp3) is 0.467. The van der Waals surface area contributed by atoms with Gasteiger partial charge in [-0.25, -0.2) is 4.98 Å². The Morgan fingerprint density at radius 1 is 1.37 bits per heavy atom. The van der Waals surface area contributed by atoms with Gasteiger partial charge in [-0.1, -0.05) is 26.7 Å². The minimum atomic E-state index is 0.286. The SMILES string of the molecule is CCC(CC)C(C)n1c(N)nc2ccc(C#N)cc21. The summed E-state index contributed by atoms with van der Waals surface area (Å²) in [6, 6.07) is 7.97. The molecule has 1 atom stereocenters. The molecule has 4 nitrogen and oxygen atoms in total. The first-order valence-corrected chi connectivity index (χ1v) is 6.79. The summed E-state index contributed by atoms with van der Waals surface area (Å²) in [6.07, 6.45) is 2.21. The van der Waals surface area contributed by atoms with Crippen LogP contribution in [0.1, 0.15) is 45.2 Å². The average Bonchev–Trinajstić information content (AvgIpc) is 2.74. The van der Waals surface area contributed by atoms with E-state index in [0.717, 1.165) is 23.9 Å². The van der Waals surface area contributed by atoms with E-state index in [1.807, 2.05) is 12.1 Å². The number of fused-ring (bicyclic) bond motifs is 1. The molecule has 0 aliphatic heterocycles. The lowest BCUT2D eigenvalue weighted by Gasteiger charge is -2.24. The number of nitriles is 1. The van der Waals surface area contributed by atoms with Crippen molar-refractivity contribution in [2.45, 2.75) is 39.7 Å². The number of rotatable bonds is 4. The van der Waals surface area contributed by atoms with Crippen molar-refractivity contribution in [1.82, 2.24) is 9.55 Å². The van der Waals surface area contributed by atoms with Crippen molar-refractivity contribution in [3.05, 3.63) is 23.8 Å². The molecule has 0 saturated heterocycles. The second kappa shape index (κ2) is 5.31. The number of anilines is 1. The normalized spacial score (nSPS) is 12.8. The summed E-state index contributed by atoms with van der Waals surface area (Å²) in [4.78, 5) is 4.39. The second-order valence-electron chi connectivity index (χ2n) is 4.97. The van der Waals surface area contributed by atoms with E-state index in [2.05, 4.69) is 36.4 Å². The van der Waals surface area contributed by atoms with Crippen molar-refractivity contribution < 1.29 is 0 Å². The van der Waals surface area contributed by atoms with Crippen LogP contribution < -0.4 is 5.73 Å². The molecule has 0 fully saturated rings. The van der Waals surface area contributed by atoms with Gasteiger partial charge in [0.15, 0.2) is 0 Å². The number of benzene rings is 1. The summed E-state index contributed by atoms with van der Waals surface area (Å²) in [5.41, 5.74) is 8.52. The largest absolute Gasteiger partial charge is 0.369 e. The van der Waals surface area contributed by atoms with Crippen LogP contribution >= 0.6 is 0 Å². The molecule has 4 heteroatoms. The molecule has 0 amide bonds. The zero-order valence-corrected chi connectivity index (χ0v) is 11.7. The number of nitrogens with two attached hydrogens (primary N) is 1. The molecule has 1 aromatic carbocycles. The van der Waals surface area contributed by atoms with Gasteiger partial charge >= 0.3 is 0 Å². The third-order valence-electron chi connectivity index (χ3n) is 3.98. The molecule has 0 spiro atoms. The highest BCUT2D eigenvalue weighted by atomic mass is 15.2.